The van der Waals surface area contributed by atoms with Crippen LogP contribution in [0.1, 0.15) is 22.5 Å². The first kappa shape index (κ1) is 16.3. The number of benzene rings is 1. The number of halogens is 1. The largest absolute Gasteiger partial charge is 0.449 e. The van der Waals surface area contributed by atoms with E-state index in [1.165, 1.54) is 0 Å². The van der Waals surface area contributed by atoms with E-state index in [-0.39, 0.29) is 5.91 Å². The van der Waals surface area contributed by atoms with E-state index in [2.05, 4.69) is 15.5 Å². The van der Waals surface area contributed by atoms with Crippen LogP contribution in [-0.2, 0) is 0 Å². The zero-order valence-corrected chi connectivity index (χ0v) is 14.1. The monoisotopic (exact) mass is 335 g/mol. The fraction of sp³-hybridized carbons (Fsp3) is 0.471. The Bertz CT molecular complexity index is 692. The summed E-state index contributed by atoms with van der Waals surface area (Å²) in [4.78, 5) is 14.7. The molecule has 0 bridgehead atoms. The number of hydrogen-bond acceptors (Lipinski definition) is 4. The summed E-state index contributed by atoms with van der Waals surface area (Å²) in [5, 5.41) is 7.70. The third kappa shape index (κ3) is 3.68. The van der Waals surface area contributed by atoms with Crippen molar-refractivity contribution in [2.24, 2.45) is 0 Å². The first-order chi connectivity index (χ1) is 11.2. The molecule has 0 saturated carbocycles. The minimum Gasteiger partial charge on any atom is -0.449 e. The Kier molecular flexibility index (Phi) is 5.20. The molecule has 2 aromatic rings. The maximum absolute atomic E-state index is 12.3. The Morgan fingerprint density at radius 1 is 1.39 bits per heavy atom. The summed E-state index contributed by atoms with van der Waals surface area (Å²) in [6.07, 6.45) is 0.936. The first-order valence-corrected chi connectivity index (χ1v) is 8.43. The topological polar surface area (TPSA) is 57.5 Å². The number of furan rings is 1. The molecule has 0 aliphatic carbocycles. The molecule has 3 rings (SSSR count). The van der Waals surface area contributed by atoms with Crippen LogP contribution in [0, 0.1) is 6.92 Å². The van der Waals surface area contributed by atoms with E-state index in [1.54, 1.807) is 6.07 Å². The minimum absolute atomic E-state index is 0.171. The minimum atomic E-state index is -0.171. The summed E-state index contributed by atoms with van der Waals surface area (Å²) in [5.74, 6) is 0.186. The highest BCUT2D eigenvalue weighted by atomic mass is 35.5. The highest BCUT2D eigenvalue weighted by Crippen LogP contribution is 2.30. The summed E-state index contributed by atoms with van der Waals surface area (Å²) in [6, 6.07) is 5.55. The Morgan fingerprint density at radius 2 is 2.17 bits per heavy atom. The summed E-state index contributed by atoms with van der Waals surface area (Å²) in [6.45, 7) is 7.79. The van der Waals surface area contributed by atoms with Gasteiger partial charge in [0, 0.05) is 43.7 Å². The third-order valence-electron chi connectivity index (χ3n) is 4.27. The van der Waals surface area contributed by atoms with Crippen LogP contribution >= 0.6 is 11.6 Å². The van der Waals surface area contributed by atoms with Gasteiger partial charge in [0.2, 0.25) is 0 Å². The molecular formula is C17H22ClN3O2. The second-order valence-electron chi connectivity index (χ2n) is 5.87. The molecular weight excluding hydrogens is 314 g/mol. The van der Waals surface area contributed by atoms with E-state index >= 15 is 0 Å². The summed E-state index contributed by atoms with van der Waals surface area (Å²) in [5.41, 5.74) is 1.42. The van der Waals surface area contributed by atoms with E-state index in [4.69, 9.17) is 16.0 Å². The highest BCUT2D eigenvalue weighted by molar-refractivity contribution is 6.35. The standard InChI is InChI=1S/C17H22ClN3O2/c1-12-13-4-2-5-14(18)16(13)23-15(12)17(22)20-6-3-9-21-10-7-19-8-11-21/h2,4-5,19H,3,6-11H2,1H3,(H,20,22). The van der Waals surface area contributed by atoms with E-state index in [9.17, 15) is 4.79 Å². The number of hydrogen-bond donors (Lipinski definition) is 2. The van der Waals surface area contributed by atoms with E-state index in [0.29, 0.717) is 22.9 Å². The van der Waals surface area contributed by atoms with Crippen LogP contribution in [0.3, 0.4) is 0 Å². The number of para-hydroxylation sites is 1. The number of fused-ring (bicyclic) bond motifs is 1. The van der Waals surface area contributed by atoms with Gasteiger partial charge in [0.05, 0.1) is 5.02 Å². The van der Waals surface area contributed by atoms with Crippen molar-refractivity contribution in [3.05, 3.63) is 34.5 Å². The van der Waals surface area contributed by atoms with Crippen LogP contribution < -0.4 is 10.6 Å². The van der Waals surface area contributed by atoms with Gasteiger partial charge in [-0.05, 0) is 26.0 Å². The number of amides is 1. The quantitative estimate of drug-likeness (QED) is 0.824. The molecule has 1 amide bonds. The zero-order chi connectivity index (χ0) is 16.2. The second-order valence-corrected chi connectivity index (χ2v) is 6.28. The van der Waals surface area contributed by atoms with Gasteiger partial charge in [-0.1, -0.05) is 23.7 Å². The number of carbonyl (C=O) groups excluding carboxylic acids is 1. The van der Waals surface area contributed by atoms with Gasteiger partial charge in [0.1, 0.15) is 0 Å². The Labute approximate surface area is 141 Å². The summed E-state index contributed by atoms with van der Waals surface area (Å²) in [7, 11) is 0. The molecule has 5 nitrogen and oxygen atoms in total. The van der Waals surface area contributed by atoms with Crippen molar-refractivity contribution in [1.82, 2.24) is 15.5 Å². The molecule has 124 valence electrons. The van der Waals surface area contributed by atoms with Gasteiger partial charge < -0.3 is 20.0 Å². The molecule has 0 atom stereocenters. The van der Waals surface area contributed by atoms with Gasteiger partial charge in [-0.3, -0.25) is 4.79 Å². The van der Waals surface area contributed by atoms with Gasteiger partial charge >= 0.3 is 0 Å². The molecule has 1 aromatic carbocycles. The lowest BCUT2D eigenvalue weighted by atomic mass is 10.1. The molecule has 0 radical (unpaired) electrons. The maximum Gasteiger partial charge on any atom is 0.287 e. The van der Waals surface area contributed by atoms with Crippen LogP contribution in [0.2, 0.25) is 5.02 Å². The fourth-order valence-electron chi connectivity index (χ4n) is 2.95. The first-order valence-electron chi connectivity index (χ1n) is 8.05. The van der Waals surface area contributed by atoms with Gasteiger partial charge in [-0.15, -0.1) is 0 Å². The highest BCUT2D eigenvalue weighted by Gasteiger charge is 2.18. The number of nitrogens with zero attached hydrogens (tertiary/aromatic N) is 1. The fourth-order valence-corrected chi connectivity index (χ4v) is 3.16. The van der Waals surface area contributed by atoms with Crippen LogP contribution in [0.15, 0.2) is 22.6 Å². The van der Waals surface area contributed by atoms with Crippen molar-refractivity contribution in [2.45, 2.75) is 13.3 Å². The third-order valence-corrected chi connectivity index (χ3v) is 4.57. The van der Waals surface area contributed by atoms with Crippen molar-refractivity contribution < 1.29 is 9.21 Å². The molecule has 2 heterocycles. The van der Waals surface area contributed by atoms with Crippen LogP contribution in [0.4, 0.5) is 0 Å². The van der Waals surface area contributed by atoms with Crippen molar-refractivity contribution >= 4 is 28.5 Å². The van der Waals surface area contributed by atoms with Crippen LogP contribution in [-0.4, -0.2) is 50.1 Å². The molecule has 1 fully saturated rings. The molecule has 0 spiro atoms. The Hall–Kier alpha value is -1.56. The lowest BCUT2D eigenvalue weighted by molar-refractivity contribution is 0.0925. The Balaban J connectivity index is 1.56. The van der Waals surface area contributed by atoms with Crippen molar-refractivity contribution in [1.29, 1.82) is 0 Å². The molecule has 6 heteroatoms. The van der Waals surface area contributed by atoms with Crippen LogP contribution in [0.5, 0.6) is 0 Å². The molecule has 2 N–H and O–H groups in total. The Morgan fingerprint density at radius 3 is 2.91 bits per heavy atom. The second kappa shape index (κ2) is 7.34. The average molecular weight is 336 g/mol. The van der Waals surface area contributed by atoms with Crippen molar-refractivity contribution in [2.75, 3.05) is 39.3 Å². The van der Waals surface area contributed by atoms with Crippen LogP contribution in [0.25, 0.3) is 11.0 Å². The smallest absolute Gasteiger partial charge is 0.287 e. The average Bonchev–Trinajstić information content (AvgIpc) is 2.91. The SMILES string of the molecule is Cc1c(C(=O)NCCCN2CCNCC2)oc2c(Cl)cccc12. The van der Waals surface area contributed by atoms with Gasteiger partial charge in [-0.2, -0.15) is 0 Å². The zero-order valence-electron chi connectivity index (χ0n) is 13.3. The normalized spacial score (nSPS) is 15.9. The molecule has 1 saturated heterocycles. The summed E-state index contributed by atoms with van der Waals surface area (Å²) < 4.78 is 5.68. The molecule has 0 unspecified atom stereocenters. The predicted molar refractivity (Wildman–Crippen MR) is 92.2 cm³/mol. The predicted octanol–water partition coefficient (Wildman–Crippen LogP) is 2.42. The van der Waals surface area contributed by atoms with Gasteiger partial charge in [0.15, 0.2) is 11.3 Å². The number of carbonyl (C=O) groups is 1. The molecule has 1 aliphatic rings. The number of piperazine rings is 1. The lowest BCUT2D eigenvalue weighted by Crippen LogP contribution is -2.44. The van der Waals surface area contributed by atoms with Gasteiger partial charge in [-0.25, -0.2) is 0 Å². The lowest BCUT2D eigenvalue weighted by Gasteiger charge is -2.26. The van der Waals surface area contributed by atoms with E-state index in [0.717, 1.165) is 50.1 Å². The molecule has 1 aromatic heterocycles. The van der Waals surface area contributed by atoms with E-state index in [1.807, 2.05) is 19.1 Å². The van der Waals surface area contributed by atoms with E-state index < -0.39 is 0 Å². The van der Waals surface area contributed by atoms with Crippen molar-refractivity contribution in [3.63, 3.8) is 0 Å². The van der Waals surface area contributed by atoms with Crippen molar-refractivity contribution in [3.8, 4) is 0 Å². The summed E-state index contributed by atoms with van der Waals surface area (Å²) >= 11 is 6.12. The van der Waals surface area contributed by atoms with Gasteiger partial charge in [0.25, 0.3) is 5.91 Å². The number of rotatable bonds is 5. The number of nitrogens with one attached hydrogen (secondary N) is 2. The molecule has 23 heavy (non-hydrogen) atoms. The molecule has 1 aliphatic heterocycles. The maximum atomic E-state index is 12.3. The number of aryl methyl sites for hydroxylation is 1.